The third kappa shape index (κ3) is 2.17. The first kappa shape index (κ1) is 11.0. The van der Waals surface area contributed by atoms with E-state index in [9.17, 15) is 5.11 Å². The monoisotopic (exact) mass is 230 g/mol. The quantitative estimate of drug-likeness (QED) is 0.845. The van der Waals surface area contributed by atoms with Gasteiger partial charge in [0.2, 0.25) is 0 Å². The molecule has 16 heavy (non-hydrogen) atoms. The van der Waals surface area contributed by atoms with Crippen molar-refractivity contribution in [2.24, 2.45) is 0 Å². The maximum absolute atomic E-state index is 9.99. The Morgan fingerprint density at radius 2 is 2.12 bits per heavy atom. The fraction of sp³-hybridized carbons (Fsp3) is 0.143. The van der Waals surface area contributed by atoms with Crippen LogP contribution in [0.5, 0.6) is 5.75 Å². The van der Waals surface area contributed by atoms with Crippen LogP contribution >= 0.6 is 11.3 Å². The zero-order valence-electron chi connectivity index (χ0n) is 9.23. The molecule has 0 saturated heterocycles. The van der Waals surface area contributed by atoms with Crippen molar-refractivity contribution in [3.8, 4) is 5.75 Å². The summed E-state index contributed by atoms with van der Waals surface area (Å²) in [6, 6.07) is 9.99. The molecule has 0 aliphatic heterocycles. The van der Waals surface area contributed by atoms with Gasteiger partial charge in [0, 0.05) is 21.7 Å². The largest absolute Gasteiger partial charge is 0.507 e. The molecule has 0 atom stereocenters. The van der Waals surface area contributed by atoms with Crippen molar-refractivity contribution in [2.45, 2.75) is 13.3 Å². The number of thiophene rings is 1. The lowest BCUT2D eigenvalue weighted by Crippen LogP contribution is -1.87. The Kier molecular flexibility index (Phi) is 3.11. The number of phenols is 1. The lowest BCUT2D eigenvalue weighted by Gasteiger charge is -2.05. The van der Waals surface area contributed by atoms with Gasteiger partial charge in [-0.15, -0.1) is 11.3 Å². The second kappa shape index (κ2) is 4.54. The van der Waals surface area contributed by atoms with Crippen molar-refractivity contribution in [1.29, 1.82) is 0 Å². The fourth-order valence-electron chi connectivity index (χ4n) is 1.69. The Morgan fingerprint density at radius 1 is 1.31 bits per heavy atom. The summed E-state index contributed by atoms with van der Waals surface area (Å²) in [5, 5.41) is 9.99. The molecule has 1 aromatic heterocycles. The molecule has 0 radical (unpaired) electrons. The van der Waals surface area contributed by atoms with E-state index in [2.05, 4.69) is 25.6 Å². The lowest BCUT2D eigenvalue weighted by atomic mass is 10.1. The maximum atomic E-state index is 9.99. The van der Waals surface area contributed by atoms with Gasteiger partial charge in [0.05, 0.1) is 0 Å². The Morgan fingerprint density at radius 3 is 2.75 bits per heavy atom. The summed E-state index contributed by atoms with van der Waals surface area (Å²) in [6.07, 6.45) is 2.46. The molecule has 0 saturated carbocycles. The predicted octanol–water partition coefficient (Wildman–Crippen LogP) is 4.00. The first-order valence-electron chi connectivity index (χ1n) is 5.19. The standard InChI is InChI=1S/C14H14OS/c1-3-11-5-4-6-12(14(11)15)9-13-8-7-10(2)16-13/h3-8,15H,1,9H2,2H3. The van der Waals surface area contributed by atoms with E-state index in [1.165, 1.54) is 9.75 Å². The molecule has 0 aliphatic carbocycles. The highest BCUT2D eigenvalue weighted by Crippen LogP contribution is 2.27. The van der Waals surface area contributed by atoms with E-state index in [1.807, 2.05) is 18.2 Å². The Bertz CT molecular complexity index is 511. The predicted molar refractivity (Wildman–Crippen MR) is 70.1 cm³/mol. The average Bonchev–Trinajstić information content (AvgIpc) is 2.67. The lowest BCUT2D eigenvalue weighted by molar-refractivity contribution is 0.468. The number of hydrogen-bond donors (Lipinski definition) is 1. The molecule has 2 heteroatoms. The van der Waals surface area contributed by atoms with Crippen LogP contribution in [0.25, 0.3) is 6.08 Å². The van der Waals surface area contributed by atoms with Gasteiger partial charge in [-0.05, 0) is 24.6 Å². The highest BCUT2D eigenvalue weighted by Gasteiger charge is 2.06. The molecule has 0 spiro atoms. The van der Waals surface area contributed by atoms with Gasteiger partial charge in [-0.2, -0.15) is 0 Å². The SMILES string of the molecule is C=Cc1cccc(Cc2ccc(C)s2)c1O. The van der Waals surface area contributed by atoms with Gasteiger partial charge in [-0.3, -0.25) is 0 Å². The van der Waals surface area contributed by atoms with Gasteiger partial charge < -0.3 is 5.11 Å². The topological polar surface area (TPSA) is 20.2 Å². The van der Waals surface area contributed by atoms with Crippen molar-refractivity contribution < 1.29 is 5.11 Å². The molecule has 0 bridgehead atoms. The molecule has 0 unspecified atom stereocenters. The summed E-state index contributed by atoms with van der Waals surface area (Å²) in [7, 11) is 0. The minimum Gasteiger partial charge on any atom is -0.507 e. The molecular weight excluding hydrogens is 216 g/mol. The summed E-state index contributed by atoms with van der Waals surface area (Å²) < 4.78 is 0. The van der Waals surface area contributed by atoms with Gasteiger partial charge >= 0.3 is 0 Å². The van der Waals surface area contributed by atoms with E-state index in [1.54, 1.807) is 17.4 Å². The zero-order valence-corrected chi connectivity index (χ0v) is 10.1. The minimum atomic E-state index is 0.351. The van der Waals surface area contributed by atoms with Crippen molar-refractivity contribution in [3.63, 3.8) is 0 Å². The average molecular weight is 230 g/mol. The Labute approximate surface area is 99.7 Å². The van der Waals surface area contributed by atoms with E-state index in [-0.39, 0.29) is 0 Å². The molecular formula is C14H14OS. The van der Waals surface area contributed by atoms with Crippen molar-refractivity contribution in [1.82, 2.24) is 0 Å². The van der Waals surface area contributed by atoms with E-state index < -0.39 is 0 Å². The second-order valence-electron chi connectivity index (χ2n) is 3.75. The number of phenolic OH excluding ortho intramolecular Hbond substituents is 1. The smallest absolute Gasteiger partial charge is 0.126 e. The van der Waals surface area contributed by atoms with Crippen LogP contribution in [0, 0.1) is 6.92 Å². The van der Waals surface area contributed by atoms with Crippen molar-refractivity contribution >= 4 is 17.4 Å². The summed E-state index contributed by atoms with van der Waals surface area (Å²) >= 11 is 1.77. The number of aromatic hydroxyl groups is 1. The van der Waals surface area contributed by atoms with E-state index in [4.69, 9.17) is 0 Å². The maximum Gasteiger partial charge on any atom is 0.126 e. The van der Waals surface area contributed by atoms with Gasteiger partial charge in [0.15, 0.2) is 0 Å². The molecule has 0 amide bonds. The van der Waals surface area contributed by atoms with Gasteiger partial charge in [-0.25, -0.2) is 0 Å². The number of hydrogen-bond acceptors (Lipinski definition) is 2. The summed E-state index contributed by atoms with van der Waals surface area (Å²) in [4.78, 5) is 2.57. The van der Waals surface area contributed by atoms with Crippen molar-refractivity contribution in [3.05, 3.63) is 57.8 Å². The van der Waals surface area contributed by atoms with Crippen LogP contribution in [0.15, 0.2) is 36.9 Å². The third-order valence-electron chi connectivity index (χ3n) is 2.53. The highest BCUT2D eigenvalue weighted by atomic mass is 32.1. The number of aryl methyl sites for hydroxylation is 1. The molecule has 82 valence electrons. The van der Waals surface area contributed by atoms with Crippen LogP contribution in [-0.2, 0) is 6.42 Å². The summed E-state index contributed by atoms with van der Waals surface area (Å²) in [5.41, 5.74) is 1.75. The summed E-state index contributed by atoms with van der Waals surface area (Å²) in [5.74, 6) is 0.351. The van der Waals surface area contributed by atoms with Crippen LogP contribution < -0.4 is 0 Å². The van der Waals surface area contributed by atoms with Gasteiger partial charge in [0.1, 0.15) is 5.75 Å². The Balaban J connectivity index is 2.31. The summed E-state index contributed by atoms with van der Waals surface area (Å²) in [6.45, 7) is 5.78. The first-order valence-corrected chi connectivity index (χ1v) is 6.01. The fourth-order valence-corrected chi connectivity index (χ4v) is 2.60. The molecule has 0 aliphatic rings. The molecule has 1 heterocycles. The van der Waals surface area contributed by atoms with Crippen molar-refractivity contribution in [2.75, 3.05) is 0 Å². The van der Waals surface area contributed by atoms with E-state index in [0.717, 1.165) is 17.5 Å². The number of rotatable bonds is 3. The van der Waals surface area contributed by atoms with Crippen LogP contribution in [0.2, 0.25) is 0 Å². The molecule has 2 rings (SSSR count). The van der Waals surface area contributed by atoms with E-state index in [0.29, 0.717) is 5.75 Å². The first-order chi connectivity index (χ1) is 7.70. The highest BCUT2D eigenvalue weighted by molar-refractivity contribution is 7.11. The third-order valence-corrected chi connectivity index (χ3v) is 3.53. The number of para-hydroxylation sites is 1. The second-order valence-corrected chi connectivity index (χ2v) is 5.12. The van der Waals surface area contributed by atoms with Crippen LogP contribution in [0.1, 0.15) is 20.9 Å². The van der Waals surface area contributed by atoms with Gasteiger partial charge in [-0.1, -0.05) is 30.9 Å². The minimum absolute atomic E-state index is 0.351. The van der Waals surface area contributed by atoms with Crippen LogP contribution in [0.3, 0.4) is 0 Å². The molecule has 2 aromatic rings. The molecule has 1 N–H and O–H groups in total. The normalized spacial score (nSPS) is 10.3. The van der Waals surface area contributed by atoms with E-state index >= 15 is 0 Å². The molecule has 1 nitrogen and oxygen atoms in total. The number of benzene rings is 1. The Hall–Kier alpha value is -1.54. The van der Waals surface area contributed by atoms with Crippen LogP contribution in [0.4, 0.5) is 0 Å². The molecule has 0 fully saturated rings. The molecule has 1 aromatic carbocycles. The van der Waals surface area contributed by atoms with Crippen LogP contribution in [-0.4, -0.2) is 5.11 Å². The van der Waals surface area contributed by atoms with Gasteiger partial charge in [0.25, 0.3) is 0 Å². The zero-order chi connectivity index (χ0) is 11.5.